The van der Waals surface area contributed by atoms with Gasteiger partial charge in [0.15, 0.2) is 0 Å². The Balaban J connectivity index is 2.01. The minimum absolute atomic E-state index is 0.0441. The maximum Gasteiger partial charge on any atom is 0.323 e. The molecule has 0 spiro atoms. The van der Waals surface area contributed by atoms with Crippen LogP contribution in [-0.2, 0) is 6.42 Å². The number of carbonyl (C=O) groups excluding carboxylic acids is 1. The predicted molar refractivity (Wildman–Crippen MR) is 80.3 cm³/mol. The van der Waals surface area contributed by atoms with Crippen molar-refractivity contribution in [3.63, 3.8) is 0 Å². The molecule has 21 heavy (non-hydrogen) atoms. The average molecular weight is 288 g/mol. The summed E-state index contributed by atoms with van der Waals surface area (Å²) in [6, 6.07) is 6.00. The summed E-state index contributed by atoms with van der Waals surface area (Å²) < 4.78 is 5.43. The van der Waals surface area contributed by atoms with Crippen molar-refractivity contribution in [2.45, 2.75) is 40.2 Å². The summed E-state index contributed by atoms with van der Waals surface area (Å²) in [5, 5.41) is 13.0. The molecule has 0 saturated heterocycles. The number of hydrogen-bond acceptors (Lipinski definition) is 4. The van der Waals surface area contributed by atoms with Crippen LogP contribution in [0.4, 0.5) is 10.8 Å². The van der Waals surface area contributed by atoms with Crippen LogP contribution in [0.25, 0.3) is 0 Å². The van der Waals surface area contributed by atoms with Gasteiger partial charge in [0.1, 0.15) is 0 Å². The fourth-order valence-corrected chi connectivity index (χ4v) is 1.98. The maximum atomic E-state index is 11.5. The molecule has 0 atom stereocenters. The summed E-state index contributed by atoms with van der Waals surface area (Å²) in [7, 11) is 0. The van der Waals surface area contributed by atoms with Crippen LogP contribution in [0.1, 0.15) is 36.4 Å². The Morgan fingerprint density at radius 1 is 1.29 bits per heavy atom. The van der Waals surface area contributed by atoms with Gasteiger partial charge in [0.25, 0.3) is 0 Å². The van der Waals surface area contributed by atoms with Crippen molar-refractivity contribution in [1.29, 1.82) is 0 Å². The largest absolute Gasteiger partial charge is 0.407 e. The minimum Gasteiger partial charge on any atom is -0.407 e. The van der Waals surface area contributed by atoms with Gasteiger partial charge in [-0.15, -0.1) is 5.10 Å². The first-order valence-corrected chi connectivity index (χ1v) is 6.90. The molecule has 1 aromatic carbocycles. The number of carbonyl (C=O) groups is 1. The Morgan fingerprint density at radius 2 is 2.05 bits per heavy atom. The third-order valence-corrected chi connectivity index (χ3v) is 2.95. The number of amides is 2. The third kappa shape index (κ3) is 4.30. The van der Waals surface area contributed by atoms with E-state index in [1.165, 1.54) is 11.1 Å². The average Bonchev–Trinajstić information content (AvgIpc) is 2.79. The lowest BCUT2D eigenvalue weighted by molar-refractivity contribution is 0.249. The monoisotopic (exact) mass is 288 g/mol. The van der Waals surface area contributed by atoms with Crippen molar-refractivity contribution < 1.29 is 9.21 Å². The second kappa shape index (κ2) is 6.39. The summed E-state index contributed by atoms with van der Waals surface area (Å²) in [6.07, 6.45) is 0.548. The molecule has 0 fully saturated rings. The van der Waals surface area contributed by atoms with Crippen LogP contribution in [0.3, 0.4) is 0 Å². The van der Waals surface area contributed by atoms with Gasteiger partial charge in [-0.1, -0.05) is 28.9 Å². The van der Waals surface area contributed by atoms with Gasteiger partial charge in [0.2, 0.25) is 5.89 Å². The molecule has 1 heterocycles. The molecule has 6 nitrogen and oxygen atoms in total. The van der Waals surface area contributed by atoms with E-state index in [0.717, 1.165) is 5.56 Å². The standard InChI is InChI=1S/C15H20N4O2/c1-9(2)16-14(20)17-15-19-18-13(21-15)8-12-6-5-10(3)7-11(12)4/h5-7,9H,8H2,1-4H3,(H2,16,17,19,20). The first kappa shape index (κ1) is 15.0. The second-order valence-corrected chi connectivity index (χ2v) is 5.36. The first-order valence-electron chi connectivity index (χ1n) is 6.90. The van der Waals surface area contributed by atoms with Gasteiger partial charge in [-0.3, -0.25) is 5.32 Å². The first-order chi connectivity index (χ1) is 9.94. The van der Waals surface area contributed by atoms with Crippen molar-refractivity contribution in [2.75, 3.05) is 5.32 Å². The van der Waals surface area contributed by atoms with Gasteiger partial charge in [-0.25, -0.2) is 4.79 Å². The zero-order valence-corrected chi connectivity index (χ0v) is 12.7. The van der Waals surface area contributed by atoms with Gasteiger partial charge in [0.05, 0.1) is 6.42 Å². The van der Waals surface area contributed by atoms with Crippen molar-refractivity contribution in [1.82, 2.24) is 15.5 Å². The molecule has 2 rings (SSSR count). The number of hydrogen-bond donors (Lipinski definition) is 2. The Bertz CT molecular complexity index is 634. The Hall–Kier alpha value is -2.37. The van der Waals surface area contributed by atoms with Gasteiger partial charge in [-0.2, -0.15) is 0 Å². The quantitative estimate of drug-likeness (QED) is 0.906. The number of nitrogens with zero attached hydrogens (tertiary/aromatic N) is 2. The Labute approximate surface area is 124 Å². The normalized spacial score (nSPS) is 10.7. The molecule has 0 saturated carbocycles. The highest BCUT2D eigenvalue weighted by molar-refractivity contribution is 5.86. The van der Waals surface area contributed by atoms with Gasteiger partial charge in [-0.05, 0) is 38.8 Å². The molecule has 112 valence electrons. The van der Waals surface area contributed by atoms with E-state index in [2.05, 4.69) is 33.8 Å². The molecule has 2 amide bonds. The van der Waals surface area contributed by atoms with Gasteiger partial charge in [0, 0.05) is 6.04 Å². The smallest absolute Gasteiger partial charge is 0.323 e. The number of benzene rings is 1. The number of aromatic nitrogens is 2. The van der Waals surface area contributed by atoms with E-state index in [1.54, 1.807) is 0 Å². The van der Waals surface area contributed by atoms with Crippen molar-refractivity contribution in [3.8, 4) is 0 Å². The van der Waals surface area contributed by atoms with E-state index in [4.69, 9.17) is 4.42 Å². The van der Waals surface area contributed by atoms with Crippen LogP contribution in [0.5, 0.6) is 0 Å². The van der Waals surface area contributed by atoms with Gasteiger partial charge >= 0.3 is 12.0 Å². The Kier molecular flexibility index (Phi) is 4.57. The highest BCUT2D eigenvalue weighted by Gasteiger charge is 2.11. The molecule has 0 bridgehead atoms. The number of nitrogens with one attached hydrogen (secondary N) is 2. The minimum atomic E-state index is -0.355. The van der Waals surface area contributed by atoms with Crippen molar-refractivity contribution in [3.05, 3.63) is 40.8 Å². The highest BCUT2D eigenvalue weighted by Crippen LogP contribution is 2.16. The van der Waals surface area contributed by atoms with Crippen molar-refractivity contribution in [2.24, 2.45) is 0 Å². The number of aryl methyl sites for hydroxylation is 2. The molecule has 6 heteroatoms. The van der Waals surface area contributed by atoms with Crippen LogP contribution in [0.2, 0.25) is 0 Å². The zero-order valence-electron chi connectivity index (χ0n) is 12.7. The van der Waals surface area contributed by atoms with Crippen LogP contribution in [0.15, 0.2) is 22.6 Å². The third-order valence-electron chi connectivity index (χ3n) is 2.95. The van der Waals surface area contributed by atoms with E-state index < -0.39 is 0 Å². The number of rotatable bonds is 4. The molecule has 2 N–H and O–H groups in total. The summed E-state index contributed by atoms with van der Waals surface area (Å²) >= 11 is 0. The van der Waals surface area contributed by atoms with Crippen LogP contribution in [0, 0.1) is 13.8 Å². The van der Waals surface area contributed by atoms with E-state index >= 15 is 0 Å². The molecule has 0 unspecified atom stereocenters. The summed E-state index contributed by atoms with van der Waals surface area (Å²) in [5.41, 5.74) is 3.53. The molecule has 0 radical (unpaired) electrons. The summed E-state index contributed by atoms with van der Waals surface area (Å²) in [6.45, 7) is 7.85. The SMILES string of the molecule is Cc1ccc(Cc2nnc(NC(=O)NC(C)C)o2)c(C)c1. The Morgan fingerprint density at radius 3 is 2.71 bits per heavy atom. The lowest BCUT2D eigenvalue weighted by atomic mass is 10.0. The number of anilines is 1. The van der Waals surface area contributed by atoms with Crippen molar-refractivity contribution >= 4 is 12.0 Å². The molecular weight excluding hydrogens is 268 g/mol. The van der Waals surface area contributed by atoms with E-state index in [9.17, 15) is 4.79 Å². The molecule has 2 aromatic rings. The molecule has 0 aliphatic rings. The topological polar surface area (TPSA) is 80.0 Å². The summed E-state index contributed by atoms with van der Waals surface area (Å²) in [4.78, 5) is 11.5. The van der Waals surface area contributed by atoms with Crippen LogP contribution < -0.4 is 10.6 Å². The molecule has 0 aliphatic heterocycles. The van der Waals surface area contributed by atoms with Crippen LogP contribution >= 0.6 is 0 Å². The lowest BCUT2D eigenvalue weighted by Gasteiger charge is -2.06. The maximum absolute atomic E-state index is 11.5. The lowest BCUT2D eigenvalue weighted by Crippen LogP contribution is -2.34. The fraction of sp³-hybridized carbons (Fsp3) is 0.400. The second-order valence-electron chi connectivity index (χ2n) is 5.36. The molecular formula is C15H20N4O2. The van der Waals surface area contributed by atoms with Gasteiger partial charge < -0.3 is 9.73 Å². The van der Waals surface area contributed by atoms with E-state index in [-0.39, 0.29) is 18.1 Å². The van der Waals surface area contributed by atoms with E-state index in [0.29, 0.717) is 12.3 Å². The number of urea groups is 1. The fourth-order valence-electron chi connectivity index (χ4n) is 1.98. The highest BCUT2D eigenvalue weighted by atomic mass is 16.4. The molecule has 1 aromatic heterocycles. The zero-order chi connectivity index (χ0) is 15.4. The van der Waals surface area contributed by atoms with E-state index in [1.807, 2.05) is 32.9 Å². The predicted octanol–water partition coefficient (Wildman–Crippen LogP) is 2.81. The van der Waals surface area contributed by atoms with Crippen LogP contribution in [-0.4, -0.2) is 22.3 Å². The molecule has 0 aliphatic carbocycles. The summed E-state index contributed by atoms with van der Waals surface area (Å²) in [5.74, 6) is 0.474.